The zero-order valence-corrected chi connectivity index (χ0v) is 12.0. The minimum atomic E-state index is 0.277. The van der Waals surface area contributed by atoms with Crippen molar-refractivity contribution < 1.29 is 5.79 Å². The SMILES string of the molecule is [2H]c1cc(C)cc(-c2cccc3c2oc2cc(C)ccc23)n1. The zero-order chi connectivity index (χ0) is 15.3. The van der Waals surface area contributed by atoms with Crippen LogP contribution in [0.3, 0.4) is 0 Å². The molecule has 4 aromatic rings. The normalized spacial score (nSPS) is 12.0. The lowest BCUT2D eigenvalue weighted by atomic mass is 10.0. The van der Waals surface area contributed by atoms with Crippen molar-refractivity contribution in [2.75, 3.05) is 0 Å². The van der Waals surface area contributed by atoms with Gasteiger partial charge in [0.25, 0.3) is 0 Å². The molecule has 2 heterocycles. The van der Waals surface area contributed by atoms with E-state index in [0.717, 1.165) is 38.8 Å². The van der Waals surface area contributed by atoms with Crippen LogP contribution < -0.4 is 0 Å². The van der Waals surface area contributed by atoms with E-state index in [1.54, 1.807) is 6.07 Å². The molecule has 0 radical (unpaired) electrons. The van der Waals surface area contributed by atoms with Crippen molar-refractivity contribution >= 4 is 21.9 Å². The summed E-state index contributed by atoms with van der Waals surface area (Å²) in [6, 6.07) is 16.1. The Balaban J connectivity index is 2.08. The third kappa shape index (κ3) is 1.91. The molecular formula is C19H15NO. The summed E-state index contributed by atoms with van der Waals surface area (Å²) in [5.74, 6) is 0. The van der Waals surface area contributed by atoms with E-state index in [4.69, 9.17) is 5.79 Å². The molecule has 0 aliphatic heterocycles. The third-order valence-corrected chi connectivity index (χ3v) is 3.77. The number of hydrogen-bond acceptors (Lipinski definition) is 2. The number of para-hydroxylation sites is 1. The summed E-state index contributed by atoms with van der Waals surface area (Å²) < 4.78 is 13.9. The van der Waals surface area contributed by atoms with Crippen molar-refractivity contribution in [3.63, 3.8) is 0 Å². The average Bonchev–Trinajstić information content (AvgIpc) is 2.83. The number of nitrogens with zero attached hydrogens (tertiary/aromatic N) is 1. The van der Waals surface area contributed by atoms with Crippen LogP contribution in [-0.4, -0.2) is 4.98 Å². The van der Waals surface area contributed by atoms with Crippen molar-refractivity contribution in [1.29, 1.82) is 0 Å². The highest BCUT2D eigenvalue weighted by Gasteiger charge is 2.12. The Hall–Kier alpha value is -2.61. The van der Waals surface area contributed by atoms with Crippen LogP contribution in [0.15, 0.2) is 59.1 Å². The van der Waals surface area contributed by atoms with Crippen molar-refractivity contribution in [2.24, 2.45) is 0 Å². The van der Waals surface area contributed by atoms with Crippen molar-refractivity contribution in [2.45, 2.75) is 13.8 Å². The van der Waals surface area contributed by atoms with Crippen LogP contribution in [0.1, 0.15) is 12.5 Å². The van der Waals surface area contributed by atoms with E-state index in [0.29, 0.717) is 0 Å². The zero-order valence-electron chi connectivity index (χ0n) is 13.0. The van der Waals surface area contributed by atoms with E-state index in [1.807, 2.05) is 25.1 Å². The van der Waals surface area contributed by atoms with Crippen LogP contribution in [-0.2, 0) is 0 Å². The third-order valence-electron chi connectivity index (χ3n) is 3.77. The summed E-state index contributed by atoms with van der Waals surface area (Å²) in [6.07, 6.45) is 0.277. The molecule has 0 spiro atoms. The molecule has 0 unspecified atom stereocenters. The molecule has 2 heteroatoms. The fourth-order valence-electron chi connectivity index (χ4n) is 2.74. The topological polar surface area (TPSA) is 26.0 Å². The van der Waals surface area contributed by atoms with Crippen LogP contribution in [0.25, 0.3) is 33.2 Å². The number of fused-ring (bicyclic) bond motifs is 3. The van der Waals surface area contributed by atoms with Crippen LogP contribution in [0.2, 0.25) is 0 Å². The Morgan fingerprint density at radius 1 is 0.952 bits per heavy atom. The number of aryl methyl sites for hydroxylation is 2. The lowest BCUT2D eigenvalue weighted by Gasteiger charge is -2.02. The molecular weight excluding hydrogens is 258 g/mol. The summed E-state index contributed by atoms with van der Waals surface area (Å²) in [5, 5.41) is 2.20. The Kier molecular flexibility index (Phi) is 2.35. The first kappa shape index (κ1) is 11.1. The maximum Gasteiger partial charge on any atom is 0.144 e. The quantitative estimate of drug-likeness (QED) is 0.473. The van der Waals surface area contributed by atoms with Crippen LogP contribution in [0, 0.1) is 13.8 Å². The highest BCUT2D eigenvalue weighted by Crippen LogP contribution is 2.35. The molecule has 0 aliphatic rings. The van der Waals surface area contributed by atoms with Gasteiger partial charge in [0, 0.05) is 22.5 Å². The van der Waals surface area contributed by atoms with Gasteiger partial charge >= 0.3 is 0 Å². The molecule has 0 atom stereocenters. The molecule has 0 aliphatic carbocycles. The van der Waals surface area contributed by atoms with Gasteiger partial charge in [-0.2, -0.15) is 0 Å². The van der Waals surface area contributed by atoms with E-state index in [1.165, 1.54) is 5.56 Å². The van der Waals surface area contributed by atoms with Gasteiger partial charge in [-0.1, -0.05) is 24.3 Å². The number of aromatic nitrogens is 1. The fraction of sp³-hybridized carbons (Fsp3) is 0.105. The van der Waals surface area contributed by atoms with Crippen molar-refractivity contribution in [1.82, 2.24) is 4.98 Å². The standard InChI is InChI=1S/C19H15NO/c1-12-6-7-14-15-4-3-5-16(19(15)21-18(14)11-12)17-10-13(2)8-9-20-17/h3-11H,1-2H3/i9D. The van der Waals surface area contributed by atoms with Crippen molar-refractivity contribution in [3.8, 4) is 11.3 Å². The maximum absolute atomic E-state index is 7.83. The predicted octanol–water partition coefficient (Wildman–Crippen LogP) is 5.26. The first-order valence-corrected chi connectivity index (χ1v) is 6.99. The maximum atomic E-state index is 7.83. The predicted molar refractivity (Wildman–Crippen MR) is 86.4 cm³/mol. The van der Waals surface area contributed by atoms with E-state index in [9.17, 15) is 0 Å². The highest BCUT2D eigenvalue weighted by atomic mass is 16.3. The number of pyridine rings is 1. The average molecular weight is 274 g/mol. The van der Waals surface area contributed by atoms with Gasteiger partial charge in [0.1, 0.15) is 11.2 Å². The van der Waals surface area contributed by atoms with Gasteiger partial charge < -0.3 is 4.42 Å². The lowest BCUT2D eigenvalue weighted by molar-refractivity contribution is 0.669. The lowest BCUT2D eigenvalue weighted by Crippen LogP contribution is -1.84. The van der Waals surface area contributed by atoms with Gasteiger partial charge in [-0.05, 0) is 49.2 Å². The summed E-state index contributed by atoms with van der Waals surface area (Å²) in [7, 11) is 0. The van der Waals surface area contributed by atoms with Crippen LogP contribution in [0.4, 0.5) is 0 Å². The van der Waals surface area contributed by atoms with Gasteiger partial charge in [0.2, 0.25) is 0 Å². The second-order valence-corrected chi connectivity index (χ2v) is 5.44. The summed E-state index contributed by atoms with van der Waals surface area (Å²) >= 11 is 0. The molecule has 21 heavy (non-hydrogen) atoms. The smallest absolute Gasteiger partial charge is 0.144 e. The second-order valence-electron chi connectivity index (χ2n) is 5.44. The number of hydrogen-bond donors (Lipinski definition) is 0. The molecule has 2 aromatic heterocycles. The minimum Gasteiger partial charge on any atom is -0.455 e. The molecule has 0 amide bonds. The van der Waals surface area contributed by atoms with E-state index < -0.39 is 0 Å². The van der Waals surface area contributed by atoms with E-state index in [-0.39, 0.29) is 6.17 Å². The minimum absolute atomic E-state index is 0.277. The number of benzene rings is 2. The van der Waals surface area contributed by atoms with Crippen LogP contribution >= 0.6 is 0 Å². The Morgan fingerprint density at radius 2 is 1.81 bits per heavy atom. The second kappa shape index (κ2) is 4.45. The van der Waals surface area contributed by atoms with Gasteiger partial charge in [0.05, 0.1) is 7.06 Å². The molecule has 0 saturated heterocycles. The van der Waals surface area contributed by atoms with Gasteiger partial charge in [-0.25, -0.2) is 0 Å². The number of rotatable bonds is 1. The Bertz CT molecular complexity index is 996. The van der Waals surface area contributed by atoms with E-state index >= 15 is 0 Å². The Morgan fingerprint density at radius 3 is 2.67 bits per heavy atom. The molecule has 102 valence electrons. The first-order valence-electron chi connectivity index (χ1n) is 7.49. The fourth-order valence-corrected chi connectivity index (χ4v) is 2.74. The Labute approximate surface area is 124 Å². The molecule has 0 saturated carbocycles. The molecule has 4 rings (SSSR count). The first-order chi connectivity index (χ1) is 10.6. The van der Waals surface area contributed by atoms with Gasteiger partial charge in [-0.15, -0.1) is 0 Å². The van der Waals surface area contributed by atoms with Gasteiger partial charge in [-0.3, -0.25) is 4.98 Å². The summed E-state index contributed by atoms with van der Waals surface area (Å²) in [5.41, 5.74) is 5.64. The highest BCUT2D eigenvalue weighted by molar-refractivity contribution is 6.09. The van der Waals surface area contributed by atoms with Crippen molar-refractivity contribution in [3.05, 3.63) is 65.8 Å². The molecule has 2 aromatic carbocycles. The number of furan rings is 1. The molecule has 0 bridgehead atoms. The van der Waals surface area contributed by atoms with Gasteiger partial charge in [0.15, 0.2) is 0 Å². The van der Waals surface area contributed by atoms with E-state index in [2.05, 4.69) is 36.2 Å². The molecule has 0 N–H and O–H groups in total. The summed E-state index contributed by atoms with van der Waals surface area (Å²) in [6.45, 7) is 4.04. The molecule has 0 fully saturated rings. The largest absolute Gasteiger partial charge is 0.455 e. The summed E-state index contributed by atoms with van der Waals surface area (Å²) in [4.78, 5) is 4.35. The molecule has 2 nitrogen and oxygen atoms in total. The van der Waals surface area contributed by atoms with Crippen LogP contribution in [0.5, 0.6) is 0 Å². The monoisotopic (exact) mass is 274 g/mol.